The first-order valence-electron chi connectivity index (χ1n) is 5.28. The van der Waals surface area contributed by atoms with Gasteiger partial charge >= 0.3 is 0 Å². The molecule has 0 aliphatic carbocycles. The van der Waals surface area contributed by atoms with Crippen LogP contribution in [-0.4, -0.2) is 12.6 Å². The normalized spacial score (nSPS) is 22.4. The number of ether oxygens (including phenoxy) is 1. The predicted molar refractivity (Wildman–Crippen MR) is 57.5 cm³/mol. The monoisotopic (exact) mass is 227 g/mol. The summed E-state index contributed by atoms with van der Waals surface area (Å²) in [6.07, 6.45) is 0.680. The second kappa shape index (κ2) is 3.70. The van der Waals surface area contributed by atoms with E-state index in [9.17, 15) is 8.78 Å². The first-order valence-corrected chi connectivity index (χ1v) is 5.28. The van der Waals surface area contributed by atoms with Crippen LogP contribution in [0.2, 0.25) is 0 Å². The summed E-state index contributed by atoms with van der Waals surface area (Å²) < 4.78 is 32.3. The van der Waals surface area contributed by atoms with Crippen molar-refractivity contribution < 1.29 is 13.5 Å². The molecule has 1 heterocycles. The van der Waals surface area contributed by atoms with E-state index in [-0.39, 0.29) is 11.8 Å². The minimum atomic E-state index is -0.636. The molecule has 2 nitrogen and oxygen atoms in total. The van der Waals surface area contributed by atoms with Crippen LogP contribution in [0.4, 0.5) is 8.78 Å². The number of rotatable bonds is 1. The van der Waals surface area contributed by atoms with Gasteiger partial charge in [-0.1, -0.05) is 0 Å². The minimum absolute atomic E-state index is 0.0797. The maximum Gasteiger partial charge on any atom is 0.168 e. The Morgan fingerprint density at radius 1 is 1.38 bits per heavy atom. The smallest absolute Gasteiger partial charge is 0.168 e. The summed E-state index contributed by atoms with van der Waals surface area (Å²) in [4.78, 5) is 0. The maximum atomic E-state index is 13.6. The topological polar surface area (TPSA) is 21.3 Å². The van der Waals surface area contributed by atoms with E-state index >= 15 is 0 Å². The zero-order chi connectivity index (χ0) is 11.9. The quantitative estimate of drug-likeness (QED) is 0.796. The summed E-state index contributed by atoms with van der Waals surface area (Å²) >= 11 is 0. The van der Waals surface area contributed by atoms with Crippen molar-refractivity contribution in [2.45, 2.75) is 31.9 Å². The van der Waals surface area contributed by atoms with Crippen molar-refractivity contribution in [3.8, 4) is 5.75 Å². The zero-order valence-corrected chi connectivity index (χ0v) is 9.60. The summed E-state index contributed by atoms with van der Waals surface area (Å²) in [5.41, 5.74) is 0.110. The molecule has 1 N–H and O–H groups in total. The minimum Gasteiger partial charge on any atom is -0.484 e. The molecular weight excluding hydrogens is 212 g/mol. The highest BCUT2D eigenvalue weighted by molar-refractivity contribution is 5.40. The van der Waals surface area contributed by atoms with E-state index in [1.807, 2.05) is 13.8 Å². The molecule has 0 fully saturated rings. The van der Waals surface area contributed by atoms with E-state index < -0.39 is 17.2 Å². The van der Waals surface area contributed by atoms with Crippen LogP contribution in [0.15, 0.2) is 12.1 Å². The van der Waals surface area contributed by atoms with Gasteiger partial charge < -0.3 is 10.1 Å². The van der Waals surface area contributed by atoms with Crippen LogP contribution in [0.5, 0.6) is 5.75 Å². The average molecular weight is 227 g/mol. The van der Waals surface area contributed by atoms with E-state index in [1.165, 1.54) is 6.07 Å². The number of fused-ring (bicyclic) bond motifs is 1. The van der Waals surface area contributed by atoms with Crippen molar-refractivity contribution in [1.29, 1.82) is 0 Å². The third-order valence-corrected chi connectivity index (χ3v) is 2.84. The lowest BCUT2D eigenvalue weighted by atomic mass is 9.89. The summed E-state index contributed by atoms with van der Waals surface area (Å²) in [6.45, 7) is 3.78. The standard InChI is InChI=1S/C12H15F2NO/c1-12(2)6-10(15-3)8-4-7(13)5-9(14)11(8)16-12/h4-5,10,15H,6H2,1-3H3. The number of benzene rings is 1. The Morgan fingerprint density at radius 3 is 2.69 bits per heavy atom. The van der Waals surface area contributed by atoms with Gasteiger partial charge in [0.2, 0.25) is 0 Å². The summed E-state index contributed by atoms with van der Waals surface area (Å²) in [6, 6.07) is 2.10. The van der Waals surface area contributed by atoms with Gasteiger partial charge in [-0.2, -0.15) is 0 Å². The molecule has 0 spiro atoms. The highest BCUT2D eigenvalue weighted by Gasteiger charge is 2.35. The molecule has 1 aromatic rings. The van der Waals surface area contributed by atoms with Crippen LogP contribution < -0.4 is 10.1 Å². The Kier molecular flexibility index (Phi) is 2.62. The Morgan fingerprint density at radius 2 is 2.06 bits per heavy atom. The zero-order valence-electron chi connectivity index (χ0n) is 9.60. The number of halogens is 2. The Bertz CT molecular complexity index is 418. The lowest BCUT2D eigenvalue weighted by molar-refractivity contribution is 0.0618. The Hall–Kier alpha value is -1.16. The van der Waals surface area contributed by atoms with Gasteiger partial charge in [-0.05, 0) is 27.0 Å². The van der Waals surface area contributed by atoms with Crippen LogP contribution in [0.25, 0.3) is 0 Å². The van der Waals surface area contributed by atoms with Gasteiger partial charge in [0.25, 0.3) is 0 Å². The third kappa shape index (κ3) is 1.89. The second-order valence-electron chi connectivity index (χ2n) is 4.71. The van der Waals surface area contributed by atoms with Crippen LogP contribution in [-0.2, 0) is 0 Å². The Labute approximate surface area is 93.6 Å². The first-order chi connectivity index (χ1) is 7.43. The van der Waals surface area contributed by atoms with Gasteiger partial charge in [0.05, 0.1) is 0 Å². The van der Waals surface area contributed by atoms with Crippen molar-refractivity contribution >= 4 is 0 Å². The molecule has 0 saturated heterocycles. The lowest BCUT2D eigenvalue weighted by Crippen LogP contribution is -2.39. The van der Waals surface area contributed by atoms with Crippen molar-refractivity contribution in [3.05, 3.63) is 29.3 Å². The highest BCUT2D eigenvalue weighted by Crippen LogP contribution is 2.41. The number of nitrogens with one attached hydrogen (secondary N) is 1. The van der Waals surface area contributed by atoms with Crippen LogP contribution in [0.1, 0.15) is 31.9 Å². The number of hydrogen-bond donors (Lipinski definition) is 1. The van der Waals surface area contributed by atoms with Crippen LogP contribution >= 0.6 is 0 Å². The summed E-state index contributed by atoms with van der Waals surface area (Å²) in [5.74, 6) is -1.04. The molecule has 1 aliphatic rings. The molecule has 1 aromatic carbocycles. The molecule has 16 heavy (non-hydrogen) atoms. The van der Waals surface area contributed by atoms with E-state index in [1.54, 1.807) is 7.05 Å². The SMILES string of the molecule is CNC1CC(C)(C)Oc2c(F)cc(F)cc21. The summed E-state index contributed by atoms with van der Waals surface area (Å²) in [7, 11) is 1.78. The van der Waals surface area contributed by atoms with E-state index in [0.717, 1.165) is 6.07 Å². The van der Waals surface area contributed by atoms with E-state index in [4.69, 9.17) is 4.74 Å². The van der Waals surface area contributed by atoms with Crippen molar-refractivity contribution in [3.63, 3.8) is 0 Å². The molecular formula is C12H15F2NO. The van der Waals surface area contributed by atoms with Gasteiger partial charge in [-0.15, -0.1) is 0 Å². The fourth-order valence-corrected chi connectivity index (χ4v) is 2.12. The van der Waals surface area contributed by atoms with Gasteiger partial charge in [-0.25, -0.2) is 8.78 Å². The lowest BCUT2D eigenvalue weighted by Gasteiger charge is -2.37. The second-order valence-corrected chi connectivity index (χ2v) is 4.71. The third-order valence-electron chi connectivity index (χ3n) is 2.84. The maximum absolute atomic E-state index is 13.6. The van der Waals surface area contributed by atoms with Crippen molar-refractivity contribution in [1.82, 2.24) is 5.32 Å². The van der Waals surface area contributed by atoms with Gasteiger partial charge in [0, 0.05) is 24.1 Å². The average Bonchev–Trinajstić information content (AvgIpc) is 2.18. The van der Waals surface area contributed by atoms with Crippen molar-refractivity contribution in [2.75, 3.05) is 7.05 Å². The van der Waals surface area contributed by atoms with Gasteiger partial charge in [0.1, 0.15) is 11.4 Å². The molecule has 1 atom stereocenters. The fraction of sp³-hybridized carbons (Fsp3) is 0.500. The molecule has 1 unspecified atom stereocenters. The molecule has 88 valence electrons. The Balaban J connectivity index is 2.54. The molecule has 0 saturated carbocycles. The van der Waals surface area contributed by atoms with Crippen LogP contribution in [0, 0.1) is 11.6 Å². The largest absolute Gasteiger partial charge is 0.484 e. The molecule has 4 heteroatoms. The molecule has 0 amide bonds. The van der Waals surface area contributed by atoms with Gasteiger partial charge in [-0.3, -0.25) is 0 Å². The fourth-order valence-electron chi connectivity index (χ4n) is 2.12. The molecule has 2 rings (SSSR count). The number of hydrogen-bond acceptors (Lipinski definition) is 2. The van der Waals surface area contributed by atoms with E-state index in [0.29, 0.717) is 12.0 Å². The molecule has 0 aromatic heterocycles. The first kappa shape index (κ1) is 11.3. The van der Waals surface area contributed by atoms with Crippen molar-refractivity contribution in [2.24, 2.45) is 0 Å². The highest BCUT2D eigenvalue weighted by atomic mass is 19.1. The van der Waals surface area contributed by atoms with E-state index in [2.05, 4.69) is 5.32 Å². The summed E-state index contributed by atoms with van der Waals surface area (Å²) in [5, 5.41) is 3.06. The molecule has 0 bridgehead atoms. The van der Waals surface area contributed by atoms with Gasteiger partial charge in [0.15, 0.2) is 11.6 Å². The predicted octanol–water partition coefficient (Wildman–Crippen LogP) is 2.79. The molecule has 1 aliphatic heterocycles. The molecule has 0 radical (unpaired) electrons. The van der Waals surface area contributed by atoms with Crippen LogP contribution in [0.3, 0.4) is 0 Å².